The fourth-order valence-corrected chi connectivity index (χ4v) is 1.63. The van der Waals surface area contributed by atoms with Gasteiger partial charge in [-0.2, -0.15) is 0 Å². The van der Waals surface area contributed by atoms with Crippen molar-refractivity contribution < 1.29 is 19.1 Å². The molecule has 0 aliphatic carbocycles. The Kier molecular flexibility index (Phi) is 5.72. The van der Waals surface area contributed by atoms with E-state index in [9.17, 15) is 4.79 Å². The van der Waals surface area contributed by atoms with Gasteiger partial charge in [0.05, 0.1) is 24.5 Å². The molecule has 1 amide bonds. The van der Waals surface area contributed by atoms with Crippen molar-refractivity contribution in [3.8, 4) is 0 Å². The van der Waals surface area contributed by atoms with Crippen molar-refractivity contribution in [1.29, 1.82) is 0 Å². The molecule has 2 N–H and O–H groups in total. The zero-order valence-electron chi connectivity index (χ0n) is 10.2. The lowest BCUT2D eigenvalue weighted by Crippen LogP contribution is -2.38. The Balaban J connectivity index is 2.63. The number of amides is 1. The van der Waals surface area contributed by atoms with Crippen LogP contribution in [0.4, 0.5) is 0 Å². The number of hydrogen-bond acceptors (Lipinski definition) is 4. The monoisotopic (exact) mass is 241 g/mol. The van der Waals surface area contributed by atoms with E-state index in [-0.39, 0.29) is 18.6 Å². The van der Waals surface area contributed by atoms with E-state index in [4.69, 9.17) is 14.3 Å². The second-order valence-corrected chi connectivity index (χ2v) is 3.75. The smallest absolute Gasteiger partial charge is 0.255 e. The van der Waals surface area contributed by atoms with Crippen LogP contribution >= 0.6 is 0 Å². The zero-order valence-corrected chi connectivity index (χ0v) is 10.2. The van der Waals surface area contributed by atoms with Gasteiger partial charge < -0.3 is 19.6 Å². The molecule has 1 heterocycles. The number of aliphatic hydroxyl groups is 1. The predicted octanol–water partition coefficient (Wildman–Crippen LogP) is 0.969. The third kappa shape index (κ3) is 3.87. The highest BCUT2D eigenvalue weighted by Gasteiger charge is 2.17. The average molecular weight is 241 g/mol. The molecule has 0 fully saturated rings. The van der Waals surface area contributed by atoms with Gasteiger partial charge in [0.15, 0.2) is 0 Å². The Morgan fingerprint density at radius 3 is 3.00 bits per heavy atom. The van der Waals surface area contributed by atoms with E-state index < -0.39 is 0 Å². The van der Waals surface area contributed by atoms with Crippen LogP contribution in [0.5, 0.6) is 0 Å². The zero-order chi connectivity index (χ0) is 12.7. The van der Waals surface area contributed by atoms with Gasteiger partial charge in [0.2, 0.25) is 0 Å². The summed E-state index contributed by atoms with van der Waals surface area (Å²) in [5.74, 6) is 0.480. The number of methoxy groups -OCH3 is 1. The molecule has 1 rings (SSSR count). The first-order chi connectivity index (χ1) is 8.22. The van der Waals surface area contributed by atoms with E-state index >= 15 is 0 Å². The molecule has 0 aromatic carbocycles. The number of hydrogen-bond donors (Lipinski definition) is 2. The first-order valence-electron chi connectivity index (χ1n) is 5.69. The van der Waals surface area contributed by atoms with Crippen molar-refractivity contribution in [2.45, 2.75) is 25.8 Å². The molecule has 1 unspecified atom stereocenters. The Hall–Kier alpha value is -1.33. The first kappa shape index (κ1) is 13.7. The lowest BCUT2D eigenvalue weighted by atomic mass is 10.1. The van der Waals surface area contributed by atoms with Gasteiger partial charge in [-0.05, 0) is 12.5 Å². The van der Waals surface area contributed by atoms with Crippen LogP contribution in [-0.4, -0.2) is 37.4 Å². The lowest BCUT2D eigenvalue weighted by Gasteiger charge is -2.16. The molecule has 0 aliphatic rings. The second kappa shape index (κ2) is 7.09. The summed E-state index contributed by atoms with van der Waals surface area (Å²) < 4.78 is 10.2. The molecule has 5 nitrogen and oxygen atoms in total. The molecule has 0 saturated carbocycles. The molecule has 1 aromatic rings. The molecular formula is C12H19NO4. The van der Waals surface area contributed by atoms with Gasteiger partial charge in [0.1, 0.15) is 5.76 Å². The fourth-order valence-electron chi connectivity index (χ4n) is 1.63. The molecule has 96 valence electrons. The molecule has 0 aliphatic heterocycles. The van der Waals surface area contributed by atoms with Crippen LogP contribution in [0.3, 0.4) is 0 Å². The molecule has 0 saturated heterocycles. The Morgan fingerprint density at radius 2 is 2.41 bits per heavy atom. The van der Waals surface area contributed by atoms with E-state index in [1.807, 2.05) is 6.92 Å². The third-order valence-electron chi connectivity index (χ3n) is 2.49. The Morgan fingerprint density at radius 1 is 1.65 bits per heavy atom. The minimum atomic E-state index is -0.189. The minimum absolute atomic E-state index is 0.0142. The van der Waals surface area contributed by atoms with Gasteiger partial charge in [-0.3, -0.25) is 4.79 Å². The van der Waals surface area contributed by atoms with Crippen LogP contribution < -0.4 is 5.32 Å². The summed E-state index contributed by atoms with van der Waals surface area (Å²) in [6.07, 6.45) is 2.65. The van der Waals surface area contributed by atoms with E-state index in [1.54, 1.807) is 13.2 Å². The summed E-state index contributed by atoms with van der Waals surface area (Å²) in [6, 6.07) is 1.47. The van der Waals surface area contributed by atoms with Crippen molar-refractivity contribution in [2.75, 3.05) is 20.3 Å². The maximum atomic E-state index is 11.9. The standard InChI is InChI=1S/C12H19NO4/c1-3-11-10(5-7-17-11)12(15)13-9(4-6-14)8-16-2/h5,7,9,14H,3-4,6,8H2,1-2H3,(H,13,15). The molecular weight excluding hydrogens is 222 g/mol. The van der Waals surface area contributed by atoms with Crippen LogP contribution in [0.25, 0.3) is 0 Å². The van der Waals surface area contributed by atoms with E-state index in [0.717, 1.165) is 0 Å². The summed E-state index contributed by atoms with van der Waals surface area (Å²) in [5, 5.41) is 11.7. The number of ether oxygens (including phenoxy) is 1. The van der Waals surface area contributed by atoms with Crippen LogP contribution in [0.2, 0.25) is 0 Å². The summed E-state index contributed by atoms with van der Waals surface area (Å²) >= 11 is 0. The quantitative estimate of drug-likeness (QED) is 0.746. The predicted molar refractivity (Wildman–Crippen MR) is 62.9 cm³/mol. The molecule has 17 heavy (non-hydrogen) atoms. The van der Waals surface area contributed by atoms with Crippen molar-refractivity contribution in [3.63, 3.8) is 0 Å². The lowest BCUT2D eigenvalue weighted by molar-refractivity contribution is 0.0877. The number of aryl methyl sites for hydroxylation is 1. The van der Waals surface area contributed by atoms with Gasteiger partial charge in [0, 0.05) is 20.1 Å². The van der Waals surface area contributed by atoms with Gasteiger partial charge >= 0.3 is 0 Å². The van der Waals surface area contributed by atoms with Gasteiger partial charge in [-0.15, -0.1) is 0 Å². The highest BCUT2D eigenvalue weighted by Crippen LogP contribution is 2.11. The molecule has 0 spiro atoms. The largest absolute Gasteiger partial charge is 0.469 e. The van der Waals surface area contributed by atoms with E-state index in [2.05, 4.69) is 5.32 Å². The second-order valence-electron chi connectivity index (χ2n) is 3.75. The molecule has 1 aromatic heterocycles. The number of rotatable bonds is 7. The number of carbonyl (C=O) groups excluding carboxylic acids is 1. The molecule has 0 radical (unpaired) electrons. The van der Waals surface area contributed by atoms with Gasteiger partial charge in [-0.25, -0.2) is 0 Å². The summed E-state index contributed by atoms with van der Waals surface area (Å²) in [5.41, 5.74) is 0.548. The number of nitrogens with one attached hydrogen (secondary N) is 1. The fraction of sp³-hybridized carbons (Fsp3) is 0.583. The normalized spacial score (nSPS) is 12.4. The van der Waals surface area contributed by atoms with Gasteiger partial charge in [0.25, 0.3) is 5.91 Å². The maximum absolute atomic E-state index is 11.9. The van der Waals surface area contributed by atoms with Crippen LogP contribution in [0.1, 0.15) is 29.5 Å². The third-order valence-corrected chi connectivity index (χ3v) is 2.49. The highest BCUT2D eigenvalue weighted by atomic mass is 16.5. The van der Waals surface area contributed by atoms with Crippen molar-refractivity contribution in [1.82, 2.24) is 5.32 Å². The highest BCUT2D eigenvalue weighted by molar-refractivity contribution is 5.95. The molecule has 1 atom stereocenters. The first-order valence-corrected chi connectivity index (χ1v) is 5.69. The van der Waals surface area contributed by atoms with Crippen LogP contribution in [-0.2, 0) is 11.2 Å². The summed E-state index contributed by atoms with van der Waals surface area (Å²) in [4.78, 5) is 11.9. The number of furan rings is 1. The summed E-state index contributed by atoms with van der Waals surface area (Å²) in [7, 11) is 1.56. The minimum Gasteiger partial charge on any atom is -0.469 e. The van der Waals surface area contributed by atoms with E-state index in [1.165, 1.54) is 6.26 Å². The number of aliphatic hydroxyl groups excluding tert-OH is 1. The van der Waals surface area contributed by atoms with Crippen molar-refractivity contribution in [3.05, 3.63) is 23.7 Å². The maximum Gasteiger partial charge on any atom is 0.255 e. The van der Waals surface area contributed by atoms with Crippen LogP contribution in [0.15, 0.2) is 16.7 Å². The average Bonchev–Trinajstić information content (AvgIpc) is 2.77. The van der Waals surface area contributed by atoms with E-state index in [0.29, 0.717) is 30.8 Å². The summed E-state index contributed by atoms with van der Waals surface area (Å²) in [6.45, 7) is 2.32. The van der Waals surface area contributed by atoms with Crippen molar-refractivity contribution in [2.24, 2.45) is 0 Å². The van der Waals surface area contributed by atoms with Crippen LogP contribution in [0, 0.1) is 0 Å². The SMILES string of the molecule is CCc1occc1C(=O)NC(CCO)COC. The van der Waals surface area contributed by atoms with Crippen molar-refractivity contribution >= 4 is 5.91 Å². The van der Waals surface area contributed by atoms with Gasteiger partial charge in [-0.1, -0.05) is 6.92 Å². The Labute approximate surface area is 101 Å². The molecule has 0 bridgehead atoms. The topological polar surface area (TPSA) is 71.7 Å². The number of carbonyl (C=O) groups is 1. The Bertz CT molecular complexity index is 342. The molecule has 5 heteroatoms.